The summed E-state index contributed by atoms with van der Waals surface area (Å²) in [7, 11) is 1.57. The lowest BCUT2D eigenvalue weighted by atomic mass is 10.1. The first-order valence-electron chi connectivity index (χ1n) is 11.0. The van der Waals surface area contributed by atoms with Crippen molar-refractivity contribution in [3.63, 3.8) is 0 Å². The summed E-state index contributed by atoms with van der Waals surface area (Å²) in [4.78, 5) is 32.0. The van der Waals surface area contributed by atoms with Crippen molar-refractivity contribution in [1.82, 2.24) is 4.98 Å². The van der Waals surface area contributed by atoms with Crippen molar-refractivity contribution >= 4 is 34.5 Å². The maximum Gasteiger partial charge on any atom is 0.229 e. The van der Waals surface area contributed by atoms with Crippen molar-refractivity contribution in [3.8, 4) is 27.6 Å². The van der Waals surface area contributed by atoms with Crippen molar-refractivity contribution in [2.24, 2.45) is 5.92 Å². The van der Waals surface area contributed by atoms with Crippen molar-refractivity contribution in [1.29, 1.82) is 0 Å². The van der Waals surface area contributed by atoms with Crippen molar-refractivity contribution in [2.75, 3.05) is 23.9 Å². The second-order valence-corrected chi connectivity index (χ2v) is 8.91. The number of thiazole rings is 1. The number of aromatic nitrogens is 1. The first-order chi connectivity index (χ1) is 16.6. The molecule has 4 aromatic rings. The molecule has 1 atom stereocenters. The first-order valence-corrected chi connectivity index (χ1v) is 11.9. The summed E-state index contributed by atoms with van der Waals surface area (Å²) in [5.41, 5.74) is 4.23. The summed E-state index contributed by atoms with van der Waals surface area (Å²) in [5.74, 6) is -0.0896. The highest BCUT2D eigenvalue weighted by Crippen LogP contribution is 2.34. The van der Waals surface area contributed by atoms with Gasteiger partial charge >= 0.3 is 0 Å². The Morgan fingerprint density at radius 2 is 1.79 bits per heavy atom. The van der Waals surface area contributed by atoms with Crippen molar-refractivity contribution in [3.05, 3.63) is 84.2 Å². The van der Waals surface area contributed by atoms with Crippen LogP contribution >= 0.6 is 11.3 Å². The fourth-order valence-corrected chi connectivity index (χ4v) is 4.92. The molecule has 5 rings (SSSR count). The molecule has 0 saturated carbocycles. The van der Waals surface area contributed by atoms with Gasteiger partial charge in [-0.2, -0.15) is 0 Å². The molecule has 1 aliphatic heterocycles. The minimum Gasteiger partial charge on any atom is -0.495 e. The Bertz CT molecular complexity index is 1340. The third-order valence-electron chi connectivity index (χ3n) is 5.82. The maximum atomic E-state index is 13.0. The molecule has 6 nitrogen and oxygen atoms in total. The Hall–Kier alpha value is -3.97. The van der Waals surface area contributed by atoms with E-state index in [4.69, 9.17) is 9.72 Å². The lowest BCUT2D eigenvalue weighted by Gasteiger charge is -2.19. The number of ether oxygens (including phenoxy) is 1. The number of para-hydroxylation sites is 2. The molecule has 2 amide bonds. The third-order valence-corrected chi connectivity index (χ3v) is 6.71. The van der Waals surface area contributed by atoms with E-state index in [2.05, 4.69) is 5.32 Å². The van der Waals surface area contributed by atoms with E-state index in [-0.39, 0.29) is 18.2 Å². The summed E-state index contributed by atoms with van der Waals surface area (Å²) >= 11 is 1.59. The van der Waals surface area contributed by atoms with Gasteiger partial charge in [-0.1, -0.05) is 54.6 Å². The quantitative estimate of drug-likeness (QED) is 0.406. The highest BCUT2D eigenvalue weighted by atomic mass is 32.1. The summed E-state index contributed by atoms with van der Waals surface area (Å²) in [6, 6.07) is 25.0. The normalized spacial score (nSPS) is 15.4. The van der Waals surface area contributed by atoms with Gasteiger partial charge in [0.05, 0.1) is 24.4 Å². The van der Waals surface area contributed by atoms with Gasteiger partial charge < -0.3 is 15.0 Å². The summed E-state index contributed by atoms with van der Waals surface area (Å²) in [5, 5.41) is 5.95. The van der Waals surface area contributed by atoms with E-state index in [0.717, 1.165) is 21.8 Å². The summed E-state index contributed by atoms with van der Waals surface area (Å²) in [6.45, 7) is 0.317. The van der Waals surface area contributed by atoms with E-state index in [1.807, 2.05) is 84.2 Å². The van der Waals surface area contributed by atoms with E-state index in [1.54, 1.807) is 23.3 Å². The van der Waals surface area contributed by atoms with Gasteiger partial charge in [0.15, 0.2) is 0 Å². The van der Waals surface area contributed by atoms with Crippen LogP contribution in [-0.4, -0.2) is 30.5 Å². The fourth-order valence-electron chi connectivity index (χ4n) is 4.09. The molecule has 0 bridgehead atoms. The Morgan fingerprint density at radius 3 is 2.62 bits per heavy atom. The van der Waals surface area contributed by atoms with E-state index in [9.17, 15) is 9.59 Å². The Morgan fingerprint density at radius 1 is 1.03 bits per heavy atom. The number of hydrogen-bond acceptors (Lipinski definition) is 5. The fraction of sp³-hybridized carbons (Fsp3) is 0.148. The predicted molar refractivity (Wildman–Crippen MR) is 135 cm³/mol. The minimum absolute atomic E-state index is 0.0886. The average molecular weight is 470 g/mol. The van der Waals surface area contributed by atoms with Crippen molar-refractivity contribution < 1.29 is 14.3 Å². The molecule has 0 aliphatic carbocycles. The van der Waals surface area contributed by atoms with E-state index in [1.165, 1.54) is 0 Å². The lowest BCUT2D eigenvalue weighted by Crippen LogP contribution is -2.28. The Kier molecular flexibility index (Phi) is 6.10. The van der Waals surface area contributed by atoms with Crippen LogP contribution < -0.4 is 15.0 Å². The number of amides is 2. The number of rotatable bonds is 6. The molecule has 34 heavy (non-hydrogen) atoms. The zero-order chi connectivity index (χ0) is 23.5. The first kappa shape index (κ1) is 21.9. The molecule has 1 aliphatic rings. The highest BCUT2D eigenvalue weighted by molar-refractivity contribution is 7.13. The van der Waals surface area contributed by atoms with Crippen LogP contribution in [0.4, 0.5) is 11.4 Å². The Labute approximate surface area is 201 Å². The van der Waals surface area contributed by atoms with Crippen LogP contribution in [0.3, 0.4) is 0 Å². The predicted octanol–water partition coefficient (Wildman–Crippen LogP) is 5.48. The topological polar surface area (TPSA) is 71.5 Å². The zero-order valence-electron chi connectivity index (χ0n) is 18.6. The van der Waals surface area contributed by atoms with Gasteiger partial charge in [-0.3, -0.25) is 9.59 Å². The number of anilines is 2. The second-order valence-electron chi connectivity index (χ2n) is 8.05. The molecule has 0 radical (unpaired) electrons. The van der Waals surface area contributed by atoms with Gasteiger partial charge in [0.2, 0.25) is 11.8 Å². The van der Waals surface area contributed by atoms with Gasteiger partial charge in [0, 0.05) is 35.2 Å². The van der Waals surface area contributed by atoms with E-state index >= 15 is 0 Å². The number of nitrogens with one attached hydrogen (secondary N) is 1. The zero-order valence-corrected chi connectivity index (χ0v) is 19.4. The molecule has 3 aromatic carbocycles. The number of methoxy groups -OCH3 is 1. The summed E-state index contributed by atoms with van der Waals surface area (Å²) < 4.78 is 5.38. The summed E-state index contributed by atoms with van der Waals surface area (Å²) in [6.07, 6.45) is 0.163. The molecule has 0 spiro atoms. The average Bonchev–Trinajstić information content (AvgIpc) is 3.52. The second kappa shape index (κ2) is 9.49. The SMILES string of the molecule is COc1ccccc1N1CC(C(=O)Nc2cccc(-c3csc(-c4ccccc4)n3)c2)CC1=O. The number of carbonyl (C=O) groups is 2. The highest BCUT2D eigenvalue weighted by Gasteiger charge is 2.36. The number of hydrogen-bond donors (Lipinski definition) is 1. The molecule has 1 fully saturated rings. The molecule has 1 N–H and O–H groups in total. The van der Waals surface area contributed by atoms with Gasteiger partial charge in [-0.15, -0.1) is 11.3 Å². The smallest absolute Gasteiger partial charge is 0.229 e. The van der Waals surface area contributed by atoms with Crippen LogP contribution in [-0.2, 0) is 9.59 Å². The molecule has 2 heterocycles. The number of nitrogens with zero attached hydrogens (tertiary/aromatic N) is 2. The lowest BCUT2D eigenvalue weighted by molar-refractivity contribution is -0.122. The molecular weight excluding hydrogens is 446 g/mol. The van der Waals surface area contributed by atoms with Crippen LogP contribution in [0.15, 0.2) is 84.2 Å². The maximum absolute atomic E-state index is 13.0. The minimum atomic E-state index is -0.440. The van der Waals surface area contributed by atoms with Crippen LogP contribution in [0.1, 0.15) is 6.42 Å². The van der Waals surface area contributed by atoms with Gasteiger partial charge in [0.25, 0.3) is 0 Å². The van der Waals surface area contributed by atoms with Crippen LogP contribution in [0.2, 0.25) is 0 Å². The Balaban J connectivity index is 1.29. The van der Waals surface area contributed by atoms with Crippen molar-refractivity contribution in [2.45, 2.75) is 6.42 Å². The van der Waals surface area contributed by atoms with Gasteiger partial charge in [-0.05, 0) is 24.3 Å². The largest absolute Gasteiger partial charge is 0.495 e. The third kappa shape index (κ3) is 4.43. The van der Waals surface area contributed by atoms with E-state index < -0.39 is 5.92 Å². The van der Waals surface area contributed by atoms with Gasteiger partial charge in [-0.25, -0.2) is 4.98 Å². The van der Waals surface area contributed by atoms with Crippen LogP contribution in [0.5, 0.6) is 5.75 Å². The molecule has 170 valence electrons. The van der Waals surface area contributed by atoms with E-state index in [0.29, 0.717) is 23.7 Å². The molecule has 1 unspecified atom stereocenters. The van der Waals surface area contributed by atoms with Crippen LogP contribution in [0, 0.1) is 5.92 Å². The number of benzene rings is 3. The monoisotopic (exact) mass is 469 g/mol. The van der Waals surface area contributed by atoms with Crippen LogP contribution in [0.25, 0.3) is 21.8 Å². The number of carbonyl (C=O) groups excluding carboxylic acids is 2. The molecule has 1 saturated heterocycles. The standard InChI is InChI=1S/C27H23N3O3S/c1-33-24-13-6-5-12-23(24)30-16-20(15-25(30)31)26(32)28-21-11-7-10-19(14-21)22-17-34-27(29-22)18-8-3-2-4-9-18/h2-14,17,20H,15-16H2,1H3,(H,28,32). The van der Waals surface area contributed by atoms with Gasteiger partial charge in [0.1, 0.15) is 10.8 Å². The molecule has 7 heteroatoms. The molecular formula is C27H23N3O3S. The molecule has 1 aromatic heterocycles.